The summed E-state index contributed by atoms with van der Waals surface area (Å²) >= 11 is 0. The zero-order chi connectivity index (χ0) is 18.6. The molecule has 1 aliphatic heterocycles. The molecular weight excluding hydrogens is 320 g/mol. The average molecular weight is 350 g/mol. The zero-order valence-corrected chi connectivity index (χ0v) is 16.1. The standard InChI is InChI=1S/C19H30N2O4/c1-13(2)12-21-9-7-8-19(21,3)18(22)20-14-10-15(23-4)17(25-6)16(11-14)24-5/h10-11,13H,7-9,12H2,1-6H3,(H,20,22). The highest BCUT2D eigenvalue weighted by molar-refractivity contribution is 5.98. The van der Waals surface area contributed by atoms with Crippen LogP contribution in [-0.2, 0) is 4.79 Å². The van der Waals surface area contributed by atoms with E-state index in [1.54, 1.807) is 33.5 Å². The van der Waals surface area contributed by atoms with Gasteiger partial charge in [-0.15, -0.1) is 0 Å². The predicted molar refractivity (Wildman–Crippen MR) is 98.8 cm³/mol. The van der Waals surface area contributed by atoms with Crippen LogP contribution in [0.4, 0.5) is 5.69 Å². The molecule has 0 aromatic heterocycles. The van der Waals surface area contributed by atoms with E-state index in [4.69, 9.17) is 14.2 Å². The van der Waals surface area contributed by atoms with E-state index >= 15 is 0 Å². The summed E-state index contributed by atoms with van der Waals surface area (Å²) in [6.45, 7) is 8.25. The Morgan fingerprint density at radius 3 is 2.28 bits per heavy atom. The van der Waals surface area contributed by atoms with E-state index < -0.39 is 5.54 Å². The largest absolute Gasteiger partial charge is 0.493 e. The molecule has 0 radical (unpaired) electrons. The molecule has 1 aliphatic rings. The van der Waals surface area contributed by atoms with Gasteiger partial charge < -0.3 is 19.5 Å². The Bertz CT molecular complexity index is 592. The van der Waals surface area contributed by atoms with E-state index in [1.165, 1.54) is 0 Å². The van der Waals surface area contributed by atoms with Gasteiger partial charge in [0.25, 0.3) is 0 Å². The monoisotopic (exact) mass is 350 g/mol. The normalized spacial score (nSPS) is 20.6. The van der Waals surface area contributed by atoms with Gasteiger partial charge in [0.1, 0.15) is 0 Å². The van der Waals surface area contributed by atoms with Crippen LogP contribution in [-0.4, -0.2) is 50.8 Å². The van der Waals surface area contributed by atoms with E-state index in [9.17, 15) is 4.79 Å². The fourth-order valence-corrected chi connectivity index (χ4v) is 3.43. The summed E-state index contributed by atoms with van der Waals surface area (Å²) in [6.07, 6.45) is 1.89. The molecule has 6 heteroatoms. The minimum absolute atomic E-state index is 0.0000713. The number of hydrogen-bond acceptors (Lipinski definition) is 5. The molecule has 1 aromatic carbocycles. The molecule has 0 saturated carbocycles. The molecule has 1 unspecified atom stereocenters. The van der Waals surface area contributed by atoms with Gasteiger partial charge in [0.05, 0.1) is 26.9 Å². The SMILES string of the molecule is COc1cc(NC(=O)C2(C)CCCN2CC(C)C)cc(OC)c1OC. The van der Waals surface area contributed by atoms with Crippen LogP contribution in [0, 0.1) is 5.92 Å². The van der Waals surface area contributed by atoms with Gasteiger partial charge in [-0.3, -0.25) is 9.69 Å². The first kappa shape index (κ1) is 19.4. The molecule has 2 rings (SSSR count). The number of methoxy groups -OCH3 is 3. The quantitative estimate of drug-likeness (QED) is 0.818. The van der Waals surface area contributed by atoms with Crippen molar-refractivity contribution in [1.29, 1.82) is 0 Å². The first-order valence-electron chi connectivity index (χ1n) is 8.72. The Balaban J connectivity index is 2.25. The van der Waals surface area contributed by atoms with Crippen LogP contribution < -0.4 is 19.5 Å². The van der Waals surface area contributed by atoms with Crippen molar-refractivity contribution in [2.75, 3.05) is 39.7 Å². The summed E-state index contributed by atoms with van der Waals surface area (Å²) in [6, 6.07) is 3.51. The number of anilines is 1. The summed E-state index contributed by atoms with van der Waals surface area (Å²) in [5, 5.41) is 3.03. The Morgan fingerprint density at radius 2 is 1.80 bits per heavy atom. The first-order chi connectivity index (χ1) is 11.8. The number of carbonyl (C=O) groups is 1. The molecule has 0 aliphatic carbocycles. The minimum atomic E-state index is -0.495. The first-order valence-corrected chi connectivity index (χ1v) is 8.72. The fourth-order valence-electron chi connectivity index (χ4n) is 3.43. The van der Waals surface area contributed by atoms with Crippen LogP contribution in [0.25, 0.3) is 0 Å². The number of nitrogens with zero attached hydrogens (tertiary/aromatic N) is 1. The molecule has 1 fully saturated rings. The Hall–Kier alpha value is -1.95. The van der Waals surface area contributed by atoms with E-state index in [0.717, 1.165) is 25.9 Å². The van der Waals surface area contributed by atoms with Crippen LogP contribution in [0.15, 0.2) is 12.1 Å². The molecule has 6 nitrogen and oxygen atoms in total. The summed E-state index contributed by atoms with van der Waals surface area (Å²) in [5.74, 6) is 2.07. The topological polar surface area (TPSA) is 60.0 Å². The van der Waals surface area contributed by atoms with Gasteiger partial charge in [0.15, 0.2) is 11.5 Å². The summed E-state index contributed by atoms with van der Waals surface area (Å²) in [7, 11) is 4.68. The molecular formula is C19H30N2O4. The molecule has 1 atom stereocenters. The number of benzene rings is 1. The van der Waals surface area contributed by atoms with Crippen molar-refractivity contribution in [3.8, 4) is 17.2 Å². The zero-order valence-electron chi connectivity index (χ0n) is 16.1. The molecule has 1 amide bonds. The molecule has 1 N–H and O–H groups in total. The van der Waals surface area contributed by atoms with Crippen molar-refractivity contribution in [3.63, 3.8) is 0 Å². The molecule has 25 heavy (non-hydrogen) atoms. The lowest BCUT2D eigenvalue weighted by atomic mass is 9.96. The van der Waals surface area contributed by atoms with E-state index in [-0.39, 0.29) is 5.91 Å². The van der Waals surface area contributed by atoms with Gasteiger partial charge in [0, 0.05) is 24.4 Å². The lowest BCUT2D eigenvalue weighted by Crippen LogP contribution is -2.51. The molecule has 0 spiro atoms. The molecule has 1 heterocycles. The third kappa shape index (κ3) is 4.00. The van der Waals surface area contributed by atoms with Gasteiger partial charge in [-0.2, -0.15) is 0 Å². The van der Waals surface area contributed by atoms with Gasteiger partial charge in [-0.05, 0) is 32.2 Å². The highest BCUT2D eigenvalue weighted by Crippen LogP contribution is 2.40. The van der Waals surface area contributed by atoms with Gasteiger partial charge >= 0.3 is 0 Å². The Morgan fingerprint density at radius 1 is 1.20 bits per heavy atom. The van der Waals surface area contributed by atoms with Crippen LogP contribution in [0.3, 0.4) is 0 Å². The molecule has 0 bridgehead atoms. The summed E-state index contributed by atoms with van der Waals surface area (Å²) < 4.78 is 16.0. The lowest BCUT2D eigenvalue weighted by molar-refractivity contribution is -0.125. The van der Waals surface area contributed by atoms with E-state index in [0.29, 0.717) is 28.9 Å². The predicted octanol–water partition coefficient (Wildman–Crippen LogP) is 3.16. The van der Waals surface area contributed by atoms with Gasteiger partial charge in [-0.1, -0.05) is 13.8 Å². The Kier molecular flexibility index (Phi) is 6.16. The van der Waals surface area contributed by atoms with Crippen LogP contribution >= 0.6 is 0 Å². The number of rotatable bonds is 7. The second-order valence-electron chi connectivity index (χ2n) is 7.09. The highest BCUT2D eigenvalue weighted by Gasteiger charge is 2.43. The maximum Gasteiger partial charge on any atom is 0.244 e. The third-order valence-electron chi connectivity index (χ3n) is 4.79. The molecule has 140 valence electrons. The number of nitrogens with one attached hydrogen (secondary N) is 1. The molecule has 1 aromatic rings. The van der Waals surface area contributed by atoms with Crippen molar-refractivity contribution in [2.24, 2.45) is 5.92 Å². The van der Waals surface area contributed by atoms with Gasteiger partial charge in [-0.25, -0.2) is 0 Å². The second-order valence-corrected chi connectivity index (χ2v) is 7.09. The minimum Gasteiger partial charge on any atom is -0.493 e. The fraction of sp³-hybridized carbons (Fsp3) is 0.632. The number of likely N-dealkylation sites (tertiary alicyclic amines) is 1. The maximum atomic E-state index is 13.0. The Labute approximate surface area is 150 Å². The summed E-state index contributed by atoms with van der Waals surface area (Å²) in [5.41, 5.74) is 0.141. The third-order valence-corrected chi connectivity index (χ3v) is 4.79. The van der Waals surface area contributed by atoms with Crippen molar-refractivity contribution < 1.29 is 19.0 Å². The maximum absolute atomic E-state index is 13.0. The lowest BCUT2D eigenvalue weighted by Gasteiger charge is -2.35. The highest BCUT2D eigenvalue weighted by atomic mass is 16.5. The number of ether oxygens (including phenoxy) is 3. The van der Waals surface area contributed by atoms with Crippen molar-refractivity contribution in [1.82, 2.24) is 4.90 Å². The average Bonchev–Trinajstić information content (AvgIpc) is 2.95. The van der Waals surface area contributed by atoms with Crippen LogP contribution in [0.5, 0.6) is 17.2 Å². The van der Waals surface area contributed by atoms with Crippen molar-refractivity contribution in [3.05, 3.63) is 12.1 Å². The van der Waals surface area contributed by atoms with Crippen molar-refractivity contribution >= 4 is 11.6 Å². The van der Waals surface area contributed by atoms with Gasteiger partial charge in [0.2, 0.25) is 11.7 Å². The number of carbonyl (C=O) groups excluding carboxylic acids is 1. The summed E-state index contributed by atoms with van der Waals surface area (Å²) in [4.78, 5) is 15.3. The smallest absolute Gasteiger partial charge is 0.244 e. The molecule has 1 saturated heterocycles. The van der Waals surface area contributed by atoms with Crippen LogP contribution in [0.2, 0.25) is 0 Å². The van der Waals surface area contributed by atoms with E-state index in [1.807, 2.05) is 6.92 Å². The number of amides is 1. The second kappa shape index (κ2) is 7.95. The van der Waals surface area contributed by atoms with E-state index in [2.05, 4.69) is 24.1 Å². The van der Waals surface area contributed by atoms with Crippen molar-refractivity contribution in [2.45, 2.75) is 39.2 Å². The number of hydrogen-bond donors (Lipinski definition) is 1. The van der Waals surface area contributed by atoms with Crippen LogP contribution in [0.1, 0.15) is 33.6 Å².